The number of hydrogen-bond donors (Lipinski definition) is 1. The van der Waals surface area contributed by atoms with Gasteiger partial charge in [0.2, 0.25) is 11.8 Å². The van der Waals surface area contributed by atoms with Crippen molar-refractivity contribution in [1.82, 2.24) is 15.5 Å². The van der Waals surface area contributed by atoms with Gasteiger partial charge in [0, 0.05) is 0 Å². The lowest BCUT2D eigenvalue weighted by Crippen LogP contribution is -2.17. The van der Waals surface area contributed by atoms with Crippen molar-refractivity contribution < 1.29 is 4.42 Å². The van der Waals surface area contributed by atoms with Crippen molar-refractivity contribution in [2.75, 3.05) is 12.3 Å². The Kier molecular flexibility index (Phi) is 3.64. The number of nitrogens with one attached hydrogen (secondary N) is 1. The Morgan fingerprint density at radius 3 is 3.13 bits per heavy atom. The monoisotopic (exact) mass is 227 g/mol. The highest BCUT2D eigenvalue weighted by atomic mass is 32.2. The van der Waals surface area contributed by atoms with Crippen LogP contribution in [0.4, 0.5) is 0 Å². The van der Waals surface area contributed by atoms with Crippen molar-refractivity contribution in [2.24, 2.45) is 0 Å². The molecule has 0 amide bonds. The first kappa shape index (κ1) is 11.0. The maximum Gasteiger partial charge on any atom is 0.233 e. The summed E-state index contributed by atoms with van der Waals surface area (Å²) >= 11 is 1.92. The summed E-state index contributed by atoms with van der Waals surface area (Å²) in [5.74, 6) is 2.72. The molecule has 2 atom stereocenters. The summed E-state index contributed by atoms with van der Waals surface area (Å²) in [5.41, 5.74) is 0. The van der Waals surface area contributed by atoms with E-state index < -0.39 is 0 Å². The smallest absolute Gasteiger partial charge is 0.233 e. The maximum atomic E-state index is 5.68. The molecule has 4 nitrogen and oxygen atoms in total. The molecule has 84 valence electrons. The Balaban J connectivity index is 2.02. The fourth-order valence-electron chi connectivity index (χ4n) is 1.72. The van der Waals surface area contributed by atoms with Gasteiger partial charge in [0.25, 0.3) is 0 Å². The van der Waals surface area contributed by atoms with Gasteiger partial charge < -0.3 is 9.73 Å². The van der Waals surface area contributed by atoms with Gasteiger partial charge in [-0.3, -0.25) is 0 Å². The van der Waals surface area contributed by atoms with Crippen LogP contribution in [0.3, 0.4) is 0 Å². The van der Waals surface area contributed by atoms with Gasteiger partial charge in [0.1, 0.15) is 0 Å². The first-order chi connectivity index (χ1) is 7.31. The van der Waals surface area contributed by atoms with Crippen LogP contribution in [0, 0.1) is 0 Å². The fraction of sp³-hybridized carbons (Fsp3) is 0.800. The van der Waals surface area contributed by atoms with Gasteiger partial charge >= 0.3 is 0 Å². The van der Waals surface area contributed by atoms with Crippen LogP contribution in [0.2, 0.25) is 0 Å². The summed E-state index contributed by atoms with van der Waals surface area (Å²) in [6.07, 6.45) is 2.43. The van der Waals surface area contributed by atoms with Crippen molar-refractivity contribution in [3.05, 3.63) is 11.8 Å². The van der Waals surface area contributed by atoms with E-state index in [0.29, 0.717) is 11.1 Å². The molecular formula is C10H17N3OS. The quantitative estimate of drug-likeness (QED) is 0.855. The number of thioether (sulfide) groups is 1. The Morgan fingerprint density at radius 1 is 1.60 bits per heavy atom. The van der Waals surface area contributed by atoms with Crippen molar-refractivity contribution in [3.63, 3.8) is 0 Å². The standard InChI is InChI=1S/C10H17N3OS/c1-3-11-7(2)9-12-13-10(14-9)8-5-4-6-15-8/h7-8,11H,3-6H2,1-2H3. The van der Waals surface area contributed by atoms with Gasteiger partial charge in [-0.2, -0.15) is 0 Å². The van der Waals surface area contributed by atoms with E-state index in [4.69, 9.17) is 4.42 Å². The number of nitrogens with zero attached hydrogens (tertiary/aromatic N) is 2. The van der Waals surface area contributed by atoms with E-state index in [1.54, 1.807) is 0 Å². The van der Waals surface area contributed by atoms with Crippen molar-refractivity contribution in [3.8, 4) is 0 Å². The van der Waals surface area contributed by atoms with E-state index in [-0.39, 0.29) is 6.04 Å². The van der Waals surface area contributed by atoms with Crippen LogP contribution in [0.1, 0.15) is 49.8 Å². The largest absolute Gasteiger partial charge is 0.422 e. The second-order valence-electron chi connectivity index (χ2n) is 3.76. The molecule has 1 aliphatic heterocycles. The van der Waals surface area contributed by atoms with Crippen LogP contribution < -0.4 is 5.32 Å². The third-order valence-electron chi connectivity index (χ3n) is 2.54. The SMILES string of the molecule is CCNC(C)c1nnc(C2CCCS2)o1. The molecule has 1 aromatic rings. The van der Waals surface area contributed by atoms with Gasteiger partial charge in [-0.15, -0.1) is 22.0 Å². The second-order valence-corrected chi connectivity index (χ2v) is 5.07. The zero-order valence-electron chi connectivity index (χ0n) is 9.19. The minimum Gasteiger partial charge on any atom is -0.422 e. The topological polar surface area (TPSA) is 51.0 Å². The average Bonchev–Trinajstić information content (AvgIpc) is 2.89. The van der Waals surface area contributed by atoms with E-state index in [9.17, 15) is 0 Å². The molecule has 0 bridgehead atoms. The third-order valence-corrected chi connectivity index (χ3v) is 3.91. The summed E-state index contributed by atoms with van der Waals surface area (Å²) in [6, 6.07) is 0.155. The van der Waals surface area contributed by atoms with Crippen molar-refractivity contribution in [1.29, 1.82) is 0 Å². The molecule has 2 heterocycles. The molecule has 15 heavy (non-hydrogen) atoms. The molecule has 2 rings (SSSR count). The Bertz CT molecular complexity index is 309. The molecule has 1 aromatic heterocycles. The summed E-state index contributed by atoms with van der Waals surface area (Å²) in [5, 5.41) is 11.9. The number of rotatable bonds is 4. The van der Waals surface area contributed by atoms with E-state index in [1.165, 1.54) is 18.6 Å². The summed E-state index contributed by atoms with van der Waals surface area (Å²) in [6.45, 7) is 5.03. The van der Waals surface area contributed by atoms with Crippen LogP contribution in [-0.2, 0) is 0 Å². The number of hydrogen-bond acceptors (Lipinski definition) is 5. The molecule has 1 N–H and O–H groups in total. The van der Waals surface area contributed by atoms with Crippen LogP contribution >= 0.6 is 11.8 Å². The Morgan fingerprint density at radius 2 is 2.47 bits per heavy atom. The average molecular weight is 227 g/mol. The van der Waals surface area contributed by atoms with Crippen LogP contribution in [0.15, 0.2) is 4.42 Å². The normalized spacial score (nSPS) is 23.2. The lowest BCUT2D eigenvalue weighted by atomic mass is 10.2. The molecule has 0 aromatic carbocycles. The van der Waals surface area contributed by atoms with Crippen molar-refractivity contribution >= 4 is 11.8 Å². The minimum absolute atomic E-state index is 0.155. The lowest BCUT2D eigenvalue weighted by molar-refractivity contribution is 0.394. The molecule has 5 heteroatoms. The summed E-state index contributed by atoms with van der Waals surface area (Å²) in [4.78, 5) is 0. The van der Waals surface area contributed by atoms with Crippen LogP contribution in [0.5, 0.6) is 0 Å². The fourth-order valence-corrected chi connectivity index (χ4v) is 2.91. The van der Waals surface area contributed by atoms with Gasteiger partial charge in [0.05, 0.1) is 11.3 Å². The molecule has 0 radical (unpaired) electrons. The molecule has 2 unspecified atom stereocenters. The summed E-state index contributed by atoms with van der Waals surface area (Å²) < 4.78 is 5.68. The van der Waals surface area contributed by atoms with Crippen LogP contribution in [0.25, 0.3) is 0 Å². The second kappa shape index (κ2) is 4.99. The first-order valence-electron chi connectivity index (χ1n) is 5.49. The predicted molar refractivity (Wildman–Crippen MR) is 60.8 cm³/mol. The highest BCUT2D eigenvalue weighted by molar-refractivity contribution is 7.99. The van der Waals surface area contributed by atoms with E-state index >= 15 is 0 Å². The Labute approximate surface area is 94.2 Å². The molecule has 1 fully saturated rings. The molecule has 1 aliphatic rings. The van der Waals surface area contributed by atoms with Gasteiger partial charge in [-0.25, -0.2) is 0 Å². The molecule has 0 saturated carbocycles. The molecule has 0 spiro atoms. The van der Waals surface area contributed by atoms with Crippen LogP contribution in [-0.4, -0.2) is 22.5 Å². The molecular weight excluding hydrogens is 210 g/mol. The van der Waals surface area contributed by atoms with Gasteiger partial charge in [0.15, 0.2) is 0 Å². The van der Waals surface area contributed by atoms with E-state index in [1.807, 2.05) is 18.7 Å². The van der Waals surface area contributed by atoms with Gasteiger partial charge in [-0.05, 0) is 32.1 Å². The first-order valence-corrected chi connectivity index (χ1v) is 6.54. The predicted octanol–water partition coefficient (Wildman–Crippen LogP) is 2.31. The summed E-state index contributed by atoms with van der Waals surface area (Å²) in [7, 11) is 0. The molecule has 0 aliphatic carbocycles. The van der Waals surface area contributed by atoms with Gasteiger partial charge in [-0.1, -0.05) is 6.92 Å². The highest BCUT2D eigenvalue weighted by Gasteiger charge is 2.24. The maximum absolute atomic E-state index is 5.68. The number of aromatic nitrogens is 2. The highest BCUT2D eigenvalue weighted by Crippen LogP contribution is 2.39. The zero-order valence-corrected chi connectivity index (χ0v) is 10.0. The minimum atomic E-state index is 0.155. The van der Waals surface area contributed by atoms with E-state index in [2.05, 4.69) is 22.4 Å². The lowest BCUT2D eigenvalue weighted by Gasteiger charge is -2.06. The zero-order chi connectivity index (χ0) is 10.7. The van der Waals surface area contributed by atoms with E-state index in [0.717, 1.165) is 12.4 Å². The van der Waals surface area contributed by atoms with Crippen molar-refractivity contribution in [2.45, 2.75) is 38.0 Å². The Hall–Kier alpha value is -0.550. The third kappa shape index (κ3) is 2.52. The molecule has 1 saturated heterocycles.